The van der Waals surface area contributed by atoms with E-state index in [0.29, 0.717) is 3.58 Å². The van der Waals surface area contributed by atoms with Gasteiger partial charge in [0.1, 0.15) is 1.43 Å². The van der Waals surface area contributed by atoms with Crippen LogP contribution in [0.5, 0.6) is 0 Å². The van der Waals surface area contributed by atoms with E-state index in [-0.39, 0.29) is 1.43 Å². The Bertz CT molecular complexity index is 186. The zero-order valence-electron chi connectivity index (χ0n) is 7.36. The fourth-order valence-electron chi connectivity index (χ4n) is 0.870. The first-order chi connectivity index (χ1) is 5.91. The number of aliphatic hydroxyl groups excluding tert-OH is 1. The summed E-state index contributed by atoms with van der Waals surface area (Å²) >= 11 is 6.51. The molecule has 2 nitrogen and oxygen atoms in total. The first-order valence-electron chi connectivity index (χ1n) is 4.07. The van der Waals surface area contributed by atoms with E-state index in [4.69, 9.17) is 10.2 Å². The molecule has 0 aromatic heterocycles. The van der Waals surface area contributed by atoms with Crippen LogP contribution in [-0.4, -0.2) is 11.6 Å². The van der Waals surface area contributed by atoms with E-state index >= 15 is 0 Å². The highest BCUT2D eigenvalue weighted by atomic mass is 127. The third-order valence-electron chi connectivity index (χ3n) is 1.61. The summed E-state index contributed by atoms with van der Waals surface area (Å²) in [6, 6.07) is 0. The lowest BCUT2D eigenvalue weighted by Gasteiger charge is -2.19. The van der Waals surface area contributed by atoms with Gasteiger partial charge in [-0.2, -0.15) is 0 Å². The maximum Gasteiger partial charge on any atom is 0.286 e. The largest absolute Gasteiger partial charge is 0.481 e. The number of aliphatic hydroxyl groups is 2. The molecule has 0 spiro atoms. The average Bonchev–Trinajstić information content (AvgIpc) is 2.03. The number of unbranched alkanes of at least 4 members (excludes halogenated alkanes) is 2. The number of alkyl halides is 2. The van der Waals surface area contributed by atoms with Gasteiger partial charge >= 0.3 is 0 Å². The van der Waals surface area contributed by atoms with Gasteiger partial charge in [-0.15, -0.1) is 0 Å². The van der Waals surface area contributed by atoms with Gasteiger partial charge in [-0.25, -0.2) is 0 Å². The Balaban J connectivity index is 4.15. The van der Waals surface area contributed by atoms with Gasteiger partial charge in [0.05, 0.1) is 3.58 Å². The van der Waals surface area contributed by atoms with Crippen molar-refractivity contribution in [2.75, 3.05) is 0 Å². The second-order valence-corrected chi connectivity index (χ2v) is 9.63. The van der Waals surface area contributed by atoms with Crippen molar-refractivity contribution in [3.05, 3.63) is 9.53 Å². The zero-order chi connectivity index (χ0) is 10.5. The molecule has 0 saturated heterocycles. The number of hydrogen-bond acceptors (Lipinski definition) is 2. The number of allylic oxidation sites excluding steroid dienone is 1. The summed E-state index contributed by atoms with van der Waals surface area (Å²) in [4.78, 5) is 0. The fourth-order valence-corrected chi connectivity index (χ4v) is 2.39. The Morgan fingerprint density at radius 3 is 2.15 bits per heavy atom. The Labute approximate surface area is 120 Å². The normalized spacial score (nSPS) is 11.4. The molecule has 0 aliphatic rings. The standard InChI is InChI=1S/C8H13I3O2/c1-2-3-4-5-8(10,11)6(9)7(12)13/h12-13H,2-5H2,1H3. The lowest BCUT2D eigenvalue weighted by molar-refractivity contribution is 0.188. The van der Waals surface area contributed by atoms with Crippen molar-refractivity contribution < 1.29 is 10.2 Å². The van der Waals surface area contributed by atoms with Gasteiger partial charge in [-0.05, 0) is 29.0 Å². The minimum atomic E-state index is -0.541. The van der Waals surface area contributed by atoms with Crippen molar-refractivity contribution in [2.45, 2.75) is 34.0 Å². The van der Waals surface area contributed by atoms with Gasteiger partial charge in [0.25, 0.3) is 5.95 Å². The van der Waals surface area contributed by atoms with Crippen molar-refractivity contribution in [1.82, 2.24) is 0 Å². The van der Waals surface area contributed by atoms with E-state index < -0.39 is 5.95 Å². The Hall–Kier alpha value is 1.53. The maximum atomic E-state index is 8.93. The molecule has 5 heteroatoms. The Morgan fingerprint density at radius 2 is 1.77 bits per heavy atom. The van der Waals surface area contributed by atoms with Crippen LogP contribution in [-0.2, 0) is 0 Å². The molecule has 0 aliphatic heterocycles. The van der Waals surface area contributed by atoms with Crippen molar-refractivity contribution in [1.29, 1.82) is 0 Å². The van der Waals surface area contributed by atoms with Crippen LogP contribution in [0.2, 0.25) is 0 Å². The predicted octanol–water partition coefficient (Wildman–Crippen LogP) is 4.85. The van der Waals surface area contributed by atoms with Gasteiger partial charge in [0, 0.05) is 0 Å². The van der Waals surface area contributed by atoms with Crippen molar-refractivity contribution in [3.63, 3.8) is 0 Å². The van der Waals surface area contributed by atoms with Crippen LogP contribution in [0.1, 0.15) is 32.6 Å². The monoisotopic (exact) mass is 522 g/mol. The lowest BCUT2D eigenvalue weighted by Crippen LogP contribution is -2.12. The van der Waals surface area contributed by atoms with E-state index in [1.165, 1.54) is 12.8 Å². The van der Waals surface area contributed by atoms with Gasteiger partial charge in [-0.1, -0.05) is 71.4 Å². The molecule has 0 aliphatic carbocycles. The van der Waals surface area contributed by atoms with Crippen LogP contribution in [0.25, 0.3) is 0 Å². The molecular formula is C8H13I3O2. The van der Waals surface area contributed by atoms with E-state index in [2.05, 4.69) is 52.1 Å². The first-order valence-corrected chi connectivity index (χ1v) is 7.31. The summed E-state index contributed by atoms with van der Waals surface area (Å²) in [7, 11) is 0. The molecule has 0 aromatic rings. The third-order valence-corrected chi connectivity index (χ3v) is 7.24. The zero-order valence-corrected chi connectivity index (χ0v) is 13.8. The van der Waals surface area contributed by atoms with Gasteiger partial charge < -0.3 is 10.2 Å². The highest BCUT2D eigenvalue weighted by Crippen LogP contribution is 2.44. The highest BCUT2D eigenvalue weighted by Gasteiger charge is 2.28. The van der Waals surface area contributed by atoms with Crippen LogP contribution < -0.4 is 0 Å². The van der Waals surface area contributed by atoms with Crippen LogP contribution >= 0.6 is 67.8 Å². The molecule has 13 heavy (non-hydrogen) atoms. The minimum Gasteiger partial charge on any atom is -0.481 e. The maximum absolute atomic E-state index is 8.93. The molecule has 0 rings (SSSR count). The minimum absolute atomic E-state index is 0.163. The van der Waals surface area contributed by atoms with Crippen LogP contribution in [0.4, 0.5) is 0 Å². The SMILES string of the molecule is CCCCCC(I)(I)C(I)=C(O)O. The molecule has 0 amide bonds. The summed E-state index contributed by atoms with van der Waals surface area (Å²) < 4.78 is 0.465. The molecular weight excluding hydrogens is 509 g/mol. The summed E-state index contributed by atoms with van der Waals surface area (Å²) in [5, 5.41) is 17.9. The van der Waals surface area contributed by atoms with Crippen molar-refractivity contribution in [2.24, 2.45) is 0 Å². The molecule has 2 N–H and O–H groups in total. The molecule has 0 radical (unpaired) electrons. The van der Waals surface area contributed by atoms with Gasteiger partial charge in [0.2, 0.25) is 0 Å². The van der Waals surface area contributed by atoms with Gasteiger partial charge in [0.15, 0.2) is 0 Å². The van der Waals surface area contributed by atoms with Crippen molar-refractivity contribution >= 4 is 67.8 Å². The molecule has 0 aromatic carbocycles. The van der Waals surface area contributed by atoms with Gasteiger partial charge in [-0.3, -0.25) is 0 Å². The lowest BCUT2D eigenvalue weighted by atomic mass is 10.1. The highest BCUT2D eigenvalue weighted by molar-refractivity contribution is 14.2. The predicted molar refractivity (Wildman–Crippen MR) is 81.2 cm³/mol. The van der Waals surface area contributed by atoms with E-state index in [9.17, 15) is 0 Å². The molecule has 0 unspecified atom stereocenters. The third kappa shape index (κ3) is 5.85. The topological polar surface area (TPSA) is 40.5 Å². The number of hydrogen-bond donors (Lipinski definition) is 2. The quantitative estimate of drug-likeness (QED) is 0.235. The Kier molecular flexibility index (Phi) is 7.73. The first kappa shape index (κ1) is 14.5. The Morgan fingerprint density at radius 1 is 1.23 bits per heavy atom. The summed E-state index contributed by atoms with van der Waals surface area (Å²) in [6.45, 7) is 2.16. The second kappa shape index (κ2) is 6.91. The van der Waals surface area contributed by atoms with Crippen LogP contribution in [0.15, 0.2) is 9.53 Å². The van der Waals surface area contributed by atoms with Crippen LogP contribution in [0.3, 0.4) is 0 Å². The molecule has 78 valence electrons. The van der Waals surface area contributed by atoms with E-state index in [1.807, 2.05) is 22.6 Å². The number of halogens is 3. The smallest absolute Gasteiger partial charge is 0.286 e. The summed E-state index contributed by atoms with van der Waals surface area (Å²) in [6.07, 6.45) is 4.49. The van der Waals surface area contributed by atoms with E-state index in [1.54, 1.807) is 0 Å². The molecule has 0 heterocycles. The molecule has 0 bridgehead atoms. The van der Waals surface area contributed by atoms with E-state index in [0.717, 1.165) is 12.8 Å². The van der Waals surface area contributed by atoms with Crippen LogP contribution in [0, 0.1) is 0 Å². The molecule has 0 atom stereocenters. The average molecular weight is 522 g/mol. The number of rotatable bonds is 5. The summed E-state index contributed by atoms with van der Waals surface area (Å²) in [5.74, 6) is -0.541. The van der Waals surface area contributed by atoms with Crippen molar-refractivity contribution in [3.8, 4) is 0 Å². The fraction of sp³-hybridized carbons (Fsp3) is 0.750. The molecule has 0 saturated carbocycles. The molecule has 0 fully saturated rings. The second-order valence-electron chi connectivity index (χ2n) is 2.80. The summed E-state index contributed by atoms with van der Waals surface area (Å²) in [5.41, 5.74) is 0.